The molecule has 1 heteroatoms. The molecule has 1 aliphatic rings. The van der Waals surface area contributed by atoms with Gasteiger partial charge in [0.25, 0.3) is 0 Å². The second-order valence-electron chi connectivity index (χ2n) is 6.88. The molecule has 1 saturated carbocycles. The Morgan fingerprint density at radius 1 is 1.21 bits per heavy atom. The Morgan fingerprint density at radius 2 is 1.95 bits per heavy atom. The van der Waals surface area contributed by atoms with Gasteiger partial charge in [0.05, 0.1) is 0 Å². The summed E-state index contributed by atoms with van der Waals surface area (Å²) in [4.78, 5) is 0. The molecule has 0 bridgehead atoms. The highest BCUT2D eigenvalue weighted by Crippen LogP contribution is 2.35. The monoisotopic (exact) mass is 259 g/mol. The molecule has 0 aromatic heterocycles. The van der Waals surface area contributed by atoms with Crippen molar-refractivity contribution in [3.63, 3.8) is 0 Å². The Labute approximate surface area is 118 Å². The van der Waals surface area contributed by atoms with E-state index in [1.807, 2.05) is 0 Å². The van der Waals surface area contributed by atoms with Crippen molar-refractivity contribution >= 4 is 0 Å². The molecular formula is C18H29N. The lowest BCUT2D eigenvalue weighted by molar-refractivity contribution is 0.156. The zero-order valence-corrected chi connectivity index (χ0v) is 12.8. The summed E-state index contributed by atoms with van der Waals surface area (Å²) < 4.78 is 0. The maximum Gasteiger partial charge on any atom is 0.0121 e. The summed E-state index contributed by atoms with van der Waals surface area (Å²) in [5.41, 5.74) is 1.93. The van der Waals surface area contributed by atoms with Gasteiger partial charge in [-0.1, -0.05) is 57.0 Å². The van der Waals surface area contributed by atoms with E-state index in [0.717, 1.165) is 0 Å². The lowest BCUT2D eigenvalue weighted by Gasteiger charge is -2.40. The average molecular weight is 259 g/mol. The molecule has 0 spiro atoms. The van der Waals surface area contributed by atoms with Crippen LogP contribution < -0.4 is 5.32 Å². The third-order valence-electron chi connectivity index (χ3n) is 4.70. The second kappa shape index (κ2) is 6.56. The molecule has 0 aliphatic heterocycles. The first-order valence-electron chi connectivity index (χ1n) is 7.88. The Balaban J connectivity index is 1.79. The van der Waals surface area contributed by atoms with Crippen molar-refractivity contribution in [2.75, 3.05) is 0 Å². The molecule has 1 aliphatic carbocycles. The zero-order chi connectivity index (χ0) is 13.7. The fourth-order valence-electron chi connectivity index (χ4n) is 3.26. The number of nitrogens with one attached hydrogen (secondary N) is 1. The van der Waals surface area contributed by atoms with Crippen LogP contribution in [0.2, 0.25) is 0 Å². The van der Waals surface area contributed by atoms with E-state index in [4.69, 9.17) is 0 Å². The Bertz CT molecular complexity index is 369. The molecule has 1 nitrogen and oxygen atoms in total. The van der Waals surface area contributed by atoms with Crippen LogP contribution in [-0.2, 0) is 6.42 Å². The summed E-state index contributed by atoms with van der Waals surface area (Å²) in [5, 5.41) is 3.88. The van der Waals surface area contributed by atoms with Crippen molar-refractivity contribution in [1.82, 2.24) is 5.32 Å². The third kappa shape index (κ3) is 4.35. The van der Waals surface area contributed by atoms with Crippen LogP contribution in [0.15, 0.2) is 30.3 Å². The normalized spacial score (nSPS) is 24.1. The van der Waals surface area contributed by atoms with E-state index < -0.39 is 0 Å². The van der Waals surface area contributed by atoms with Crippen LogP contribution in [-0.4, -0.2) is 12.1 Å². The van der Waals surface area contributed by atoms with Gasteiger partial charge < -0.3 is 5.32 Å². The number of rotatable bonds is 5. The van der Waals surface area contributed by atoms with Crippen molar-refractivity contribution in [1.29, 1.82) is 0 Å². The molecule has 1 fully saturated rings. The van der Waals surface area contributed by atoms with E-state index in [2.05, 4.69) is 56.4 Å². The first-order chi connectivity index (χ1) is 9.08. The average Bonchev–Trinajstić information content (AvgIpc) is 2.40. The molecule has 2 atom stereocenters. The molecule has 1 N–H and O–H groups in total. The maximum absolute atomic E-state index is 3.88. The number of hydrogen-bond acceptors (Lipinski definition) is 1. The second-order valence-corrected chi connectivity index (χ2v) is 6.88. The highest BCUT2D eigenvalue weighted by molar-refractivity contribution is 5.14. The van der Waals surface area contributed by atoms with E-state index in [0.29, 0.717) is 17.5 Å². The minimum absolute atomic E-state index is 0.471. The fraction of sp³-hybridized carbons (Fsp3) is 0.667. The van der Waals surface area contributed by atoms with Crippen molar-refractivity contribution in [2.45, 2.75) is 71.4 Å². The van der Waals surface area contributed by atoms with Crippen molar-refractivity contribution in [3.8, 4) is 0 Å². The van der Waals surface area contributed by atoms with Gasteiger partial charge in [0.15, 0.2) is 0 Å². The highest BCUT2D eigenvalue weighted by Gasteiger charge is 2.32. The molecule has 19 heavy (non-hydrogen) atoms. The van der Waals surface area contributed by atoms with E-state index in [1.165, 1.54) is 44.1 Å². The van der Waals surface area contributed by atoms with Gasteiger partial charge in [-0.25, -0.2) is 0 Å². The van der Waals surface area contributed by atoms with Gasteiger partial charge >= 0.3 is 0 Å². The van der Waals surface area contributed by atoms with E-state index in [1.54, 1.807) is 0 Å². The molecule has 0 saturated heterocycles. The standard InChI is InChI=1S/C18H29N/c1-15(12-13-16-9-5-4-6-10-16)19-17-11-7-8-14-18(17,2)3/h4-6,9-10,15,17,19H,7-8,11-14H2,1-3H3. The van der Waals surface area contributed by atoms with Crippen LogP contribution in [0.1, 0.15) is 58.4 Å². The largest absolute Gasteiger partial charge is 0.311 e. The van der Waals surface area contributed by atoms with Crippen LogP contribution in [0.5, 0.6) is 0 Å². The van der Waals surface area contributed by atoms with Gasteiger partial charge in [-0.2, -0.15) is 0 Å². The highest BCUT2D eigenvalue weighted by atomic mass is 15.0. The topological polar surface area (TPSA) is 12.0 Å². The summed E-state index contributed by atoms with van der Waals surface area (Å²) in [5.74, 6) is 0. The summed E-state index contributed by atoms with van der Waals surface area (Å²) in [6.07, 6.45) is 7.94. The smallest absolute Gasteiger partial charge is 0.0121 e. The van der Waals surface area contributed by atoms with Gasteiger partial charge in [-0.3, -0.25) is 0 Å². The Morgan fingerprint density at radius 3 is 2.63 bits per heavy atom. The lowest BCUT2D eigenvalue weighted by atomic mass is 9.73. The van der Waals surface area contributed by atoms with Crippen molar-refractivity contribution in [3.05, 3.63) is 35.9 Å². The number of benzene rings is 1. The predicted molar refractivity (Wildman–Crippen MR) is 83.4 cm³/mol. The summed E-state index contributed by atoms with van der Waals surface area (Å²) in [6, 6.07) is 12.1. The number of aryl methyl sites for hydroxylation is 1. The summed E-state index contributed by atoms with van der Waals surface area (Å²) in [7, 11) is 0. The first-order valence-corrected chi connectivity index (χ1v) is 7.88. The van der Waals surface area contributed by atoms with E-state index >= 15 is 0 Å². The number of hydrogen-bond donors (Lipinski definition) is 1. The molecule has 0 heterocycles. The summed E-state index contributed by atoms with van der Waals surface area (Å²) >= 11 is 0. The molecule has 0 radical (unpaired) electrons. The predicted octanol–water partition coefficient (Wildman–Crippen LogP) is 4.57. The Hall–Kier alpha value is -0.820. The van der Waals surface area contributed by atoms with E-state index in [9.17, 15) is 0 Å². The molecule has 0 amide bonds. The van der Waals surface area contributed by atoms with Crippen LogP contribution >= 0.6 is 0 Å². The van der Waals surface area contributed by atoms with Crippen LogP contribution in [0.3, 0.4) is 0 Å². The molecule has 106 valence electrons. The molecular weight excluding hydrogens is 230 g/mol. The van der Waals surface area contributed by atoms with Crippen LogP contribution in [0, 0.1) is 5.41 Å². The molecule has 1 aromatic carbocycles. The molecule has 2 unspecified atom stereocenters. The maximum atomic E-state index is 3.88. The van der Waals surface area contributed by atoms with Gasteiger partial charge in [0.1, 0.15) is 0 Å². The minimum Gasteiger partial charge on any atom is -0.311 e. The fourth-order valence-corrected chi connectivity index (χ4v) is 3.26. The van der Waals surface area contributed by atoms with Gasteiger partial charge in [0, 0.05) is 12.1 Å². The van der Waals surface area contributed by atoms with Crippen LogP contribution in [0.4, 0.5) is 0 Å². The lowest BCUT2D eigenvalue weighted by Crippen LogP contribution is -2.47. The quantitative estimate of drug-likeness (QED) is 0.817. The van der Waals surface area contributed by atoms with Crippen molar-refractivity contribution in [2.24, 2.45) is 5.41 Å². The van der Waals surface area contributed by atoms with Gasteiger partial charge in [-0.05, 0) is 43.6 Å². The third-order valence-corrected chi connectivity index (χ3v) is 4.70. The first kappa shape index (κ1) is 14.6. The molecule has 1 aromatic rings. The Kier molecular flexibility index (Phi) is 5.04. The summed E-state index contributed by atoms with van der Waals surface area (Å²) in [6.45, 7) is 7.19. The van der Waals surface area contributed by atoms with Gasteiger partial charge in [-0.15, -0.1) is 0 Å². The zero-order valence-electron chi connectivity index (χ0n) is 12.8. The van der Waals surface area contributed by atoms with E-state index in [-0.39, 0.29) is 0 Å². The minimum atomic E-state index is 0.471. The SMILES string of the molecule is CC(CCc1ccccc1)NC1CCCCC1(C)C. The molecule has 2 rings (SSSR count). The van der Waals surface area contributed by atoms with Crippen LogP contribution in [0.25, 0.3) is 0 Å². The van der Waals surface area contributed by atoms with Gasteiger partial charge in [0.2, 0.25) is 0 Å². The van der Waals surface area contributed by atoms with Crippen molar-refractivity contribution < 1.29 is 0 Å².